The van der Waals surface area contributed by atoms with Gasteiger partial charge in [0.05, 0.1) is 19.9 Å². The van der Waals surface area contributed by atoms with Gasteiger partial charge in [0.15, 0.2) is 5.78 Å². The molecule has 2 aliphatic rings. The molecule has 1 amide bonds. The lowest BCUT2D eigenvalue weighted by Gasteiger charge is -2.39. The second kappa shape index (κ2) is 7.74. The minimum atomic E-state index is -0.324. The minimum Gasteiger partial charge on any atom is -0.497 e. The number of benzene rings is 2. The number of allylic oxidation sites excluding steroid dienone is 2. The van der Waals surface area contributed by atoms with Crippen molar-refractivity contribution in [1.29, 1.82) is 0 Å². The molecular weight excluding hydrogens is 366 g/mol. The van der Waals surface area contributed by atoms with Crippen LogP contribution in [0.3, 0.4) is 0 Å². The van der Waals surface area contributed by atoms with Crippen LogP contribution in [-0.4, -0.2) is 25.9 Å². The van der Waals surface area contributed by atoms with Crippen molar-refractivity contribution in [2.45, 2.75) is 38.5 Å². The SMILES string of the molecule is COc1ccc(OC)c(C2CC(=O)N(c3ccccc3C)C3=C2C(=O)CCC3)c1. The normalized spacial score (nSPS) is 19.3. The lowest BCUT2D eigenvalue weighted by Crippen LogP contribution is -2.41. The molecule has 1 atom stereocenters. The highest BCUT2D eigenvalue weighted by atomic mass is 16.5. The van der Waals surface area contributed by atoms with E-state index < -0.39 is 0 Å². The van der Waals surface area contributed by atoms with E-state index in [1.807, 2.05) is 49.4 Å². The van der Waals surface area contributed by atoms with Crippen LogP contribution in [0.25, 0.3) is 0 Å². The number of amides is 1. The molecule has 2 aromatic carbocycles. The first-order valence-electron chi connectivity index (χ1n) is 9.92. The standard InChI is InChI=1S/C24H25NO4/c1-15-7-4-5-8-19(15)25-20-9-6-10-21(26)24(20)18(14-23(25)27)17-13-16(28-2)11-12-22(17)29-3/h4-5,7-8,11-13,18H,6,9-10,14H2,1-3H3. The number of rotatable bonds is 4. The Morgan fingerprint density at radius 3 is 2.52 bits per heavy atom. The number of hydrogen-bond acceptors (Lipinski definition) is 4. The summed E-state index contributed by atoms with van der Waals surface area (Å²) in [6.07, 6.45) is 2.21. The zero-order valence-electron chi connectivity index (χ0n) is 17.0. The second-order valence-electron chi connectivity index (χ2n) is 7.52. The predicted molar refractivity (Wildman–Crippen MR) is 111 cm³/mol. The summed E-state index contributed by atoms with van der Waals surface area (Å²) in [5.74, 6) is 1.14. The van der Waals surface area contributed by atoms with Crippen molar-refractivity contribution in [3.05, 3.63) is 64.9 Å². The fourth-order valence-corrected chi connectivity index (χ4v) is 4.46. The van der Waals surface area contributed by atoms with Gasteiger partial charge in [-0.2, -0.15) is 0 Å². The Bertz CT molecular complexity index is 1010. The molecule has 0 N–H and O–H groups in total. The van der Waals surface area contributed by atoms with Gasteiger partial charge in [0.25, 0.3) is 0 Å². The average molecular weight is 391 g/mol. The van der Waals surface area contributed by atoms with Crippen LogP contribution in [0.15, 0.2) is 53.7 Å². The largest absolute Gasteiger partial charge is 0.497 e. The molecule has 1 unspecified atom stereocenters. The molecule has 5 heteroatoms. The van der Waals surface area contributed by atoms with E-state index in [-0.39, 0.29) is 24.0 Å². The van der Waals surface area contributed by atoms with E-state index in [0.717, 1.165) is 34.5 Å². The molecule has 150 valence electrons. The van der Waals surface area contributed by atoms with E-state index >= 15 is 0 Å². The van der Waals surface area contributed by atoms with Crippen LogP contribution in [0.5, 0.6) is 11.5 Å². The topological polar surface area (TPSA) is 55.8 Å². The molecule has 4 rings (SSSR count). The summed E-state index contributed by atoms with van der Waals surface area (Å²) in [6.45, 7) is 1.99. The number of para-hydroxylation sites is 1. The molecule has 1 aliphatic heterocycles. The van der Waals surface area contributed by atoms with E-state index in [9.17, 15) is 9.59 Å². The van der Waals surface area contributed by atoms with Crippen LogP contribution in [-0.2, 0) is 9.59 Å². The number of aryl methyl sites for hydroxylation is 1. The summed E-state index contributed by atoms with van der Waals surface area (Å²) in [5.41, 5.74) is 4.28. The average Bonchev–Trinajstić information content (AvgIpc) is 2.73. The van der Waals surface area contributed by atoms with Crippen molar-refractivity contribution in [2.75, 3.05) is 19.1 Å². The zero-order chi connectivity index (χ0) is 20.5. The molecule has 0 spiro atoms. The number of carbonyl (C=O) groups is 2. The summed E-state index contributed by atoms with van der Waals surface area (Å²) in [7, 11) is 3.21. The first-order chi connectivity index (χ1) is 14.0. The molecule has 0 bridgehead atoms. The van der Waals surface area contributed by atoms with E-state index in [0.29, 0.717) is 24.3 Å². The maximum Gasteiger partial charge on any atom is 0.232 e. The van der Waals surface area contributed by atoms with Crippen LogP contribution >= 0.6 is 0 Å². The third-order valence-corrected chi connectivity index (χ3v) is 5.84. The number of nitrogens with zero attached hydrogens (tertiary/aromatic N) is 1. The summed E-state index contributed by atoms with van der Waals surface area (Å²) in [4.78, 5) is 28.2. The first-order valence-corrected chi connectivity index (χ1v) is 9.92. The van der Waals surface area contributed by atoms with Gasteiger partial charge < -0.3 is 9.47 Å². The number of ether oxygens (including phenoxy) is 2. The van der Waals surface area contributed by atoms with Crippen LogP contribution in [0.2, 0.25) is 0 Å². The van der Waals surface area contributed by atoms with E-state index in [1.165, 1.54) is 0 Å². The molecule has 0 saturated heterocycles. The van der Waals surface area contributed by atoms with Crippen molar-refractivity contribution in [3.63, 3.8) is 0 Å². The van der Waals surface area contributed by atoms with E-state index in [4.69, 9.17) is 9.47 Å². The van der Waals surface area contributed by atoms with Gasteiger partial charge in [0.2, 0.25) is 5.91 Å². The van der Waals surface area contributed by atoms with Gasteiger partial charge in [-0.1, -0.05) is 18.2 Å². The lowest BCUT2D eigenvalue weighted by atomic mass is 9.76. The van der Waals surface area contributed by atoms with Gasteiger partial charge in [-0.25, -0.2) is 0 Å². The van der Waals surface area contributed by atoms with Gasteiger partial charge in [0.1, 0.15) is 11.5 Å². The molecular formula is C24H25NO4. The van der Waals surface area contributed by atoms with Crippen molar-refractivity contribution in [1.82, 2.24) is 0 Å². The first kappa shape index (κ1) is 19.2. The summed E-state index contributed by atoms with van der Waals surface area (Å²) in [5, 5.41) is 0. The van der Waals surface area contributed by atoms with Gasteiger partial charge in [0, 0.05) is 35.6 Å². The third-order valence-electron chi connectivity index (χ3n) is 5.84. The summed E-state index contributed by atoms with van der Waals surface area (Å²) in [6, 6.07) is 13.4. The van der Waals surface area contributed by atoms with Crippen molar-refractivity contribution in [3.8, 4) is 11.5 Å². The number of carbonyl (C=O) groups excluding carboxylic acids is 2. The number of hydrogen-bond donors (Lipinski definition) is 0. The van der Waals surface area contributed by atoms with Gasteiger partial charge in [-0.05, 0) is 49.6 Å². The van der Waals surface area contributed by atoms with Crippen LogP contribution in [0, 0.1) is 6.92 Å². The fourth-order valence-electron chi connectivity index (χ4n) is 4.46. The highest BCUT2D eigenvalue weighted by Crippen LogP contribution is 2.46. The second-order valence-corrected chi connectivity index (χ2v) is 7.52. The minimum absolute atomic E-state index is 0.00243. The van der Waals surface area contributed by atoms with E-state index in [1.54, 1.807) is 19.1 Å². The van der Waals surface area contributed by atoms with Crippen LogP contribution < -0.4 is 14.4 Å². The van der Waals surface area contributed by atoms with E-state index in [2.05, 4.69) is 0 Å². The van der Waals surface area contributed by atoms with Crippen molar-refractivity contribution in [2.24, 2.45) is 0 Å². The molecule has 0 radical (unpaired) electrons. The Kier molecular flexibility index (Phi) is 5.14. The van der Waals surface area contributed by atoms with Gasteiger partial charge >= 0.3 is 0 Å². The molecule has 2 aromatic rings. The quantitative estimate of drug-likeness (QED) is 0.768. The van der Waals surface area contributed by atoms with Gasteiger partial charge in [-0.15, -0.1) is 0 Å². The summed E-state index contributed by atoms with van der Waals surface area (Å²) < 4.78 is 11.0. The maximum atomic E-state index is 13.4. The molecule has 1 aliphatic carbocycles. The maximum absolute atomic E-state index is 13.4. The number of ketones is 1. The molecule has 1 heterocycles. The Morgan fingerprint density at radius 1 is 1.00 bits per heavy atom. The van der Waals surface area contributed by atoms with Crippen molar-refractivity contribution >= 4 is 17.4 Å². The highest BCUT2D eigenvalue weighted by Gasteiger charge is 2.41. The Hall–Kier alpha value is -3.08. The van der Waals surface area contributed by atoms with Crippen LogP contribution in [0.1, 0.15) is 42.7 Å². The molecule has 29 heavy (non-hydrogen) atoms. The monoisotopic (exact) mass is 391 g/mol. The third kappa shape index (κ3) is 3.31. The number of Topliss-reactive ketones (excluding diaryl/α,β-unsaturated/α-hetero) is 1. The molecule has 0 aromatic heterocycles. The number of anilines is 1. The fraction of sp³-hybridized carbons (Fsp3) is 0.333. The molecule has 5 nitrogen and oxygen atoms in total. The Labute approximate surface area is 170 Å². The van der Waals surface area contributed by atoms with Crippen LogP contribution in [0.4, 0.5) is 5.69 Å². The highest BCUT2D eigenvalue weighted by molar-refractivity contribution is 6.07. The zero-order valence-corrected chi connectivity index (χ0v) is 17.0. The molecule has 0 fully saturated rings. The smallest absolute Gasteiger partial charge is 0.232 e. The Balaban J connectivity index is 1.91. The summed E-state index contributed by atoms with van der Waals surface area (Å²) >= 11 is 0. The molecule has 0 saturated carbocycles. The number of methoxy groups -OCH3 is 2. The lowest BCUT2D eigenvalue weighted by molar-refractivity contribution is -0.119. The van der Waals surface area contributed by atoms with Crippen molar-refractivity contribution < 1.29 is 19.1 Å². The Morgan fingerprint density at radius 2 is 1.79 bits per heavy atom. The predicted octanol–water partition coefficient (Wildman–Crippen LogP) is 4.54. The van der Waals surface area contributed by atoms with Gasteiger partial charge in [-0.3, -0.25) is 14.5 Å².